The molecule has 5 nitrogen and oxygen atoms in total. The summed E-state index contributed by atoms with van der Waals surface area (Å²) in [6.45, 7) is 5.47. The predicted molar refractivity (Wildman–Crippen MR) is 138 cm³/mol. The summed E-state index contributed by atoms with van der Waals surface area (Å²) in [6.07, 6.45) is 5.17. The van der Waals surface area contributed by atoms with Crippen molar-refractivity contribution in [1.29, 1.82) is 0 Å². The van der Waals surface area contributed by atoms with E-state index in [0.717, 1.165) is 81.0 Å². The molecule has 7 heteroatoms. The van der Waals surface area contributed by atoms with E-state index in [1.807, 2.05) is 24.3 Å². The molecule has 0 bridgehead atoms. The van der Waals surface area contributed by atoms with E-state index in [4.69, 9.17) is 9.47 Å². The molecule has 0 radical (unpaired) electrons. The molecule has 2 aliphatic rings. The van der Waals surface area contributed by atoms with Gasteiger partial charge < -0.3 is 24.8 Å². The summed E-state index contributed by atoms with van der Waals surface area (Å²) < 4.78 is 11.8. The molecule has 2 aromatic carbocycles. The Bertz CT molecular complexity index is 826. The van der Waals surface area contributed by atoms with Crippen molar-refractivity contribution in [3.8, 4) is 11.5 Å². The molecule has 1 aliphatic heterocycles. The Balaban J connectivity index is 0.00000193. The predicted octanol–water partition coefficient (Wildman–Crippen LogP) is 4.80. The first-order chi connectivity index (χ1) is 15.2. The smallest absolute Gasteiger partial charge is 0.161 e. The Morgan fingerprint density at radius 3 is 2.33 bits per heavy atom. The minimum absolute atomic E-state index is 0. The fourth-order valence-corrected chi connectivity index (χ4v) is 5.01. The molecule has 184 valence electrons. The van der Waals surface area contributed by atoms with Gasteiger partial charge in [0.2, 0.25) is 0 Å². The minimum atomic E-state index is -0.652. The van der Waals surface area contributed by atoms with E-state index in [1.165, 1.54) is 6.42 Å². The molecule has 0 amide bonds. The number of piperazine rings is 1. The number of nitrogens with zero attached hydrogens (tertiary/aromatic N) is 1. The van der Waals surface area contributed by atoms with E-state index >= 15 is 0 Å². The van der Waals surface area contributed by atoms with E-state index in [1.54, 1.807) is 7.11 Å². The number of aliphatic hydroxyl groups is 1. The largest absolute Gasteiger partial charge is 0.493 e. The second-order valence-corrected chi connectivity index (χ2v) is 8.95. The quantitative estimate of drug-likeness (QED) is 0.549. The van der Waals surface area contributed by atoms with Crippen molar-refractivity contribution in [3.05, 3.63) is 59.7 Å². The van der Waals surface area contributed by atoms with Gasteiger partial charge in [-0.2, -0.15) is 0 Å². The van der Waals surface area contributed by atoms with Gasteiger partial charge >= 0.3 is 0 Å². The maximum absolute atomic E-state index is 11.7. The van der Waals surface area contributed by atoms with E-state index in [9.17, 15) is 5.11 Å². The van der Waals surface area contributed by atoms with Crippen molar-refractivity contribution in [1.82, 2.24) is 10.2 Å². The molecule has 4 rings (SSSR count). The SMILES string of the molecule is COc1cc(C(CN2CCNCC2)C2(O)CCCCC2)ccc1OCc1ccccc1.Cl.Cl. The monoisotopic (exact) mass is 496 g/mol. The molecule has 0 aromatic heterocycles. The van der Waals surface area contributed by atoms with E-state index in [2.05, 4.69) is 34.5 Å². The topological polar surface area (TPSA) is 54.0 Å². The van der Waals surface area contributed by atoms with Crippen LogP contribution in [0.3, 0.4) is 0 Å². The zero-order valence-electron chi connectivity index (χ0n) is 19.5. The van der Waals surface area contributed by atoms with Crippen LogP contribution < -0.4 is 14.8 Å². The summed E-state index contributed by atoms with van der Waals surface area (Å²) in [6, 6.07) is 16.4. The lowest BCUT2D eigenvalue weighted by atomic mass is 9.72. The van der Waals surface area contributed by atoms with Crippen LogP contribution >= 0.6 is 24.8 Å². The molecule has 33 heavy (non-hydrogen) atoms. The average Bonchev–Trinajstić information content (AvgIpc) is 2.83. The zero-order chi connectivity index (χ0) is 21.5. The van der Waals surface area contributed by atoms with E-state index in [-0.39, 0.29) is 30.7 Å². The van der Waals surface area contributed by atoms with Gasteiger partial charge in [0, 0.05) is 38.6 Å². The van der Waals surface area contributed by atoms with Crippen LogP contribution in [0.2, 0.25) is 0 Å². The number of benzene rings is 2. The summed E-state index contributed by atoms with van der Waals surface area (Å²) in [4.78, 5) is 2.49. The Morgan fingerprint density at radius 1 is 0.970 bits per heavy atom. The van der Waals surface area contributed by atoms with Gasteiger partial charge in [0.15, 0.2) is 11.5 Å². The van der Waals surface area contributed by atoms with E-state index in [0.29, 0.717) is 6.61 Å². The van der Waals surface area contributed by atoms with Crippen molar-refractivity contribution >= 4 is 24.8 Å². The molecular formula is C26H38Cl2N2O3. The highest BCUT2D eigenvalue weighted by Crippen LogP contribution is 2.42. The van der Waals surface area contributed by atoms with Gasteiger partial charge in [-0.3, -0.25) is 0 Å². The zero-order valence-corrected chi connectivity index (χ0v) is 21.1. The van der Waals surface area contributed by atoms with Gasteiger partial charge in [-0.15, -0.1) is 24.8 Å². The van der Waals surface area contributed by atoms with Gasteiger partial charge in [0.25, 0.3) is 0 Å². The number of methoxy groups -OCH3 is 1. The highest BCUT2D eigenvalue weighted by Gasteiger charge is 2.40. The molecular weight excluding hydrogens is 459 g/mol. The molecule has 2 fully saturated rings. The van der Waals surface area contributed by atoms with Crippen LogP contribution in [-0.2, 0) is 6.61 Å². The average molecular weight is 498 g/mol. The summed E-state index contributed by atoms with van der Waals surface area (Å²) >= 11 is 0. The Morgan fingerprint density at radius 2 is 1.67 bits per heavy atom. The van der Waals surface area contributed by atoms with Crippen LogP contribution in [-0.4, -0.2) is 55.4 Å². The molecule has 1 unspecified atom stereocenters. The molecule has 2 aromatic rings. The Hall–Kier alpha value is -1.50. The molecule has 1 atom stereocenters. The van der Waals surface area contributed by atoms with Gasteiger partial charge in [0.1, 0.15) is 6.61 Å². The van der Waals surface area contributed by atoms with Crippen LogP contribution in [0, 0.1) is 0 Å². The van der Waals surface area contributed by atoms with Gasteiger partial charge in [-0.1, -0.05) is 55.7 Å². The Labute approximate surface area is 210 Å². The van der Waals surface area contributed by atoms with Crippen LogP contribution in [0.4, 0.5) is 0 Å². The summed E-state index contributed by atoms with van der Waals surface area (Å²) in [5.41, 5.74) is 1.62. The summed E-state index contributed by atoms with van der Waals surface area (Å²) in [5, 5.41) is 15.1. The van der Waals surface area contributed by atoms with Crippen molar-refractivity contribution < 1.29 is 14.6 Å². The summed E-state index contributed by atoms with van der Waals surface area (Å²) in [5.74, 6) is 1.55. The summed E-state index contributed by atoms with van der Waals surface area (Å²) in [7, 11) is 1.69. The van der Waals surface area contributed by atoms with Gasteiger partial charge in [-0.25, -0.2) is 0 Å². The van der Waals surface area contributed by atoms with Crippen LogP contribution in [0.5, 0.6) is 11.5 Å². The first-order valence-electron chi connectivity index (χ1n) is 11.7. The van der Waals surface area contributed by atoms with E-state index < -0.39 is 5.60 Å². The number of nitrogens with one attached hydrogen (secondary N) is 1. The van der Waals surface area contributed by atoms with Crippen LogP contribution in [0.25, 0.3) is 0 Å². The third kappa shape index (κ3) is 7.24. The maximum atomic E-state index is 11.7. The minimum Gasteiger partial charge on any atom is -0.493 e. The molecule has 1 heterocycles. The van der Waals surface area contributed by atoms with Gasteiger partial charge in [-0.05, 0) is 36.1 Å². The Kier molecular flexibility index (Phi) is 11.3. The number of ether oxygens (including phenoxy) is 2. The maximum Gasteiger partial charge on any atom is 0.161 e. The van der Waals surface area contributed by atoms with Crippen molar-refractivity contribution in [3.63, 3.8) is 0 Å². The number of hydrogen-bond donors (Lipinski definition) is 2. The van der Waals surface area contributed by atoms with Crippen LogP contribution in [0.15, 0.2) is 48.5 Å². The third-order valence-corrected chi connectivity index (χ3v) is 6.85. The highest BCUT2D eigenvalue weighted by molar-refractivity contribution is 5.85. The lowest BCUT2D eigenvalue weighted by Crippen LogP contribution is -2.49. The third-order valence-electron chi connectivity index (χ3n) is 6.85. The molecule has 1 aliphatic carbocycles. The standard InChI is InChI=1S/C26H36N2O3.2ClH/c1-30-25-18-22(10-11-24(25)31-20-21-8-4-2-5-9-21)23(19-28-16-14-27-15-17-28)26(29)12-6-3-7-13-26;;/h2,4-5,8-11,18,23,27,29H,3,6-7,12-17,19-20H2,1H3;2*1H. The first-order valence-corrected chi connectivity index (χ1v) is 11.7. The highest BCUT2D eigenvalue weighted by atomic mass is 35.5. The molecule has 1 saturated heterocycles. The lowest BCUT2D eigenvalue weighted by molar-refractivity contribution is -0.0317. The number of hydrogen-bond acceptors (Lipinski definition) is 5. The van der Waals surface area contributed by atoms with Crippen molar-refractivity contribution in [2.45, 2.75) is 50.2 Å². The number of halogens is 2. The lowest BCUT2D eigenvalue weighted by Gasteiger charge is -2.42. The fourth-order valence-electron chi connectivity index (χ4n) is 5.01. The van der Waals surface area contributed by atoms with Crippen LogP contribution in [0.1, 0.15) is 49.1 Å². The van der Waals surface area contributed by atoms with Crippen molar-refractivity contribution in [2.24, 2.45) is 0 Å². The number of rotatable bonds is 8. The first kappa shape index (κ1) is 27.7. The molecule has 0 spiro atoms. The normalized spacial score (nSPS) is 19.0. The van der Waals surface area contributed by atoms with Crippen molar-refractivity contribution in [2.75, 3.05) is 39.8 Å². The fraction of sp³-hybridized carbons (Fsp3) is 0.538. The second kappa shape index (κ2) is 13.4. The molecule has 1 saturated carbocycles. The van der Waals surface area contributed by atoms with Gasteiger partial charge in [0.05, 0.1) is 12.7 Å². The second-order valence-electron chi connectivity index (χ2n) is 8.95. The molecule has 2 N–H and O–H groups in total.